The topological polar surface area (TPSA) is 66.5 Å². The largest absolute Gasteiger partial charge is 0.322 e. The van der Waals surface area contributed by atoms with Crippen molar-refractivity contribution in [3.05, 3.63) is 59.7 Å². The van der Waals surface area contributed by atoms with Crippen LogP contribution in [0.15, 0.2) is 48.5 Å². The third kappa shape index (κ3) is 2.71. The number of rotatable bonds is 4. The smallest absolute Gasteiger partial charge is 0.257 e. The van der Waals surface area contributed by atoms with Crippen LogP contribution in [0.3, 0.4) is 0 Å². The third-order valence-electron chi connectivity index (χ3n) is 6.96. The Labute approximate surface area is 170 Å². The van der Waals surface area contributed by atoms with Crippen LogP contribution in [0.25, 0.3) is 0 Å². The van der Waals surface area contributed by atoms with Crippen LogP contribution in [0, 0.1) is 23.7 Å². The minimum atomic E-state index is -0.304. The van der Waals surface area contributed by atoms with Gasteiger partial charge in [0.2, 0.25) is 11.8 Å². The van der Waals surface area contributed by atoms with Gasteiger partial charge in [-0.25, -0.2) is 4.90 Å². The number of hydrogen-bond acceptors (Lipinski definition) is 3. The molecule has 2 bridgehead atoms. The number of para-hydroxylation sites is 2. The second-order valence-corrected chi connectivity index (χ2v) is 8.38. The lowest BCUT2D eigenvalue weighted by molar-refractivity contribution is -0.123. The van der Waals surface area contributed by atoms with Crippen molar-refractivity contribution in [1.29, 1.82) is 0 Å². The van der Waals surface area contributed by atoms with Crippen LogP contribution < -0.4 is 10.2 Å². The van der Waals surface area contributed by atoms with Gasteiger partial charge in [0.15, 0.2) is 0 Å². The summed E-state index contributed by atoms with van der Waals surface area (Å²) in [6.45, 7) is 2.04. The quantitative estimate of drug-likeness (QED) is 0.804. The van der Waals surface area contributed by atoms with Crippen LogP contribution in [0.4, 0.5) is 11.4 Å². The predicted molar refractivity (Wildman–Crippen MR) is 111 cm³/mol. The zero-order valence-electron chi connectivity index (χ0n) is 16.4. The molecular formula is C24H24N2O3. The number of nitrogens with one attached hydrogen (secondary N) is 1. The number of fused-ring (bicyclic) bond motifs is 5. The summed E-state index contributed by atoms with van der Waals surface area (Å²) in [6, 6.07) is 14.6. The second-order valence-electron chi connectivity index (χ2n) is 8.38. The van der Waals surface area contributed by atoms with E-state index in [0.29, 0.717) is 23.1 Å². The average molecular weight is 388 g/mol. The summed E-state index contributed by atoms with van der Waals surface area (Å²) in [5, 5.41) is 2.96. The minimum absolute atomic E-state index is 0.124. The molecule has 1 N–H and O–H groups in total. The molecular weight excluding hydrogens is 364 g/mol. The molecule has 4 atom stereocenters. The van der Waals surface area contributed by atoms with E-state index in [-0.39, 0.29) is 29.6 Å². The summed E-state index contributed by atoms with van der Waals surface area (Å²) in [5.41, 5.74) is 2.55. The Bertz CT molecular complexity index is 987. The normalized spacial score (nSPS) is 27.4. The third-order valence-corrected chi connectivity index (χ3v) is 6.96. The van der Waals surface area contributed by atoms with Crippen molar-refractivity contribution in [3.63, 3.8) is 0 Å². The SMILES string of the molecule is CCc1ccccc1NC(=O)c1ccccc1N1C(=O)[C@@H]2[C@@H]3CC[C@H](C3)[C@@H]2C1=O. The Morgan fingerprint density at radius 2 is 1.59 bits per heavy atom. The minimum Gasteiger partial charge on any atom is -0.322 e. The van der Waals surface area contributed by atoms with Crippen LogP contribution in [-0.2, 0) is 16.0 Å². The van der Waals surface area contributed by atoms with Gasteiger partial charge in [-0.1, -0.05) is 37.3 Å². The average Bonchev–Trinajstić information content (AvgIpc) is 3.42. The maximum absolute atomic E-state index is 13.2. The standard InChI is InChI=1S/C24H24N2O3/c1-2-14-7-3-5-9-18(14)25-22(27)17-8-4-6-10-19(17)26-23(28)20-15-11-12-16(13-15)21(20)24(26)29/h3-10,15-16,20-21H,2,11-13H2,1H3,(H,25,27)/t15-,16-,20-,21+/m1/s1. The van der Waals surface area contributed by atoms with E-state index in [1.54, 1.807) is 24.3 Å². The van der Waals surface area contributed by atoms with Crippen molar-refractivity contribution >= 4 is 29.1 Å². The van der Waals surface area contributed by atoms with Gasteiger partial charge in [-0.3, -0.25) is 14.4 Å². The lowest BCUT2D eigenvalue weighted by Gasteiger charge is -2.20. The maximum atomic E-state index is 13.2. The molecule has 1 saturated heterocycles. The van der Waals surface area contributed by atoms with E-state index in [2.05, 4.69) is 5.32 Å². The highest BCUT2D eigenvalue weighted by Crippen LogP contribution is 2.56. The lowest BCUT2D eigenvalue weighted by Crippen LogP contribution is -2.34. The van der Waals surface area contributed by atoms with Gasteiger partial charge in [0.05, 0.1) is 23.1 Å². The Kier molecular flexibility index (Phi) is 4.26. The molecule has 148 valence electrons. The molecule has 5 rings (SSSR count). The van der Waals surface area contributed by atoms with Crippen LogP contribution in [0.5, 0.6) is 0 Å². The number of hydrogen-bond donors (Lipinski definition) is 1. The summed E-state index contributed by atoms with van der Waals surface area (Å²) in [4.78, 5) is 40.8. The van der Waals surface area contributed by atoms with Crippen LogP contribution in [0.2, 0.25) is 0 Å². The molecule has 2 saturated carbocycles. The molecule has 0 radical (unpaired) electrons. The highest BCUT2D eigenvalue weighted by molar-refractivity contribution is 6.25. The molecule has 0 spiro atoms. The number of imide groups is 1. The molecule has 3 amide bonds. The zero-order valence-corrected chi connectivity index (χ0v) is 16.4. The highest BCUT2D eigenvalue weighted by atomic mass is 16.2. The van der Waals surface area contributed by atoms with E-state index in [4.69, 9.17) is 0 Å². The number of carbonyl (C=O) groups excluding carboxylic acids is 3. The van der Waals surface area contributed by atoms with E-state index >= 15 is 0 Å². The molecule has 2 aromatic carbocycles. The summed E-state index contributed by atoms with van der Waals surface area (Å²) < 4.78 is 0. The van der Waals surface area contributed by atoms with Gasteiger partial charge < -0.3 is 5.32 Å². The van der Waals surface area contributed by atoms with Gasteiger partial charge in [-0.2, -0.15) is 0 Å². The molecule has 0 unspecified atom stereocenters. The molecule has 2 aromatic rings. The van der Waals surface area contributed by atoms with E-state index in [1.807, 2.05) is 31.2 Å². The van der Waals surface area contributed by atoms with Crippen molar-refractivity contribution in [2.24, 2.45) is 23.7 Å². The molecule has 29 heavy (non-hydrogen) atoms. The molecule has 5 nitrogen and oxygen atoms in total. The molecule has 5 heteroatoms. The fourth-order valence-electron chi connectivity index (χ4n) is 5.65. The monoisotopic (exact) mass is 388 g/mol. The van der Waals surface area contributed by atoms with Gasteiger partial charge in [0.25, 0.3) is 5.91 Å². The molecule has 3 aliphatic rings. The Hall–Kier alpha value is -2.95. The summed E-state index contributed by atoms with van der Waals surface area (Å²) >= 11 is 0. The first-order valence-corrected chi connectivity index (χ1v) is 10.5. The van der Waals surface area contributed by atoms with Crippen LogP contribution in [-0.4, -0.2) is 17.7 Å². The van der Waals surface area contributed by atoms with Gasteiger partial charge >= 0.3 is 0 Å². The molecule has 3 fully saturated rings. The van der Waals surface area contributed by atoms with E-state index in [1.165, 1.54) is 4.90 Å². The fraction of sp³-hybridized carbons (Fsp3) is 0.375. The number of amides is 3. The number of anilines is 2. The first-order valence-electron chi connectivity index (χ1n) is 10.5. The lowest BCUT2D eigenvalue weighted by atomic mass is 9.81. The predicted octanol–water partition coefficient (Wildman–Crippen LogP) is 4.04. The number of carbonyl (C=O) groups is 3. The van der Waals surface area contributed by atoms with Gasteiger partial charge in [-0.15, -0.1) is 0 Å². The summed E-state index contributed by atoms with van der Waals surface area (Å²) in [7, 11) is 0. The molecule has 1 heterocycles. The van der Waals surface area contributed by atoms with Crippen molar-refractivity contribution < 1.29 is 14.4 Å². The van der Waals surface area contributed by atoms with Crippen molar-refractivity contribution in [3.8, 4) is 0 Å². The fourth-order valence-corrected chi connectivity index (χ4v) is 5.65. The highest BCUT2D eigenvalue weighted by Gasteiger charge is 2.61. The zero-order chi connectivity index (χ0) is 20.1. The Balaban J connectivity index is 1.48. The second kappa shape index (κ2) is 6.83. The summed E-state index contributed by atoms with van der Waals surface area (Å²) in [5.74, 6) is -0.297. The van der Waals surface area contributed by atoms with Gasteiger partial charge in [0, 0.05) is 5.69 Å². The van der Waals surface area contributed by atoms with Crippen molar-refractivity contribution in [1.82, 2.24) is 0 Å². The molecule has 0 aromatic heterocycles. The molecule has 1 aliphatic heterocycles. The van der Waals surface area contributed by atoms with Crippen LogP contribution in [0.1, 0.15) is 42.1 Å². The van der Waals surface area contributed by atoms with Crippen LogP contribution >= 0.6 is 0 Å². The Morgan fingerprint density at radius 3 is 2.28 bits per heavy atom. The number of aryl methyl sites for hydroxylation is 1. The molecule has 2 aliphatic carbocycles. The van der Waals surface area contributed by atoms with Crippen molar-refractivity contribution in [2.75, 3.05) is 10.2 Å². The number of nitrogens with zero attached hydrogens (tertiary/aromatic N) is 1. The van der Waals surface area contributed by atoms with Gasteiger partial charge in [0.1, 0.15) is 0 Å². The summed E-state index contributed by atoms with van der Waals surface area (Å²) in [6.07, 6.45) is 3.87. The van der Waals surface area contributed by atoms with E-state index in [0.717, 1.165) is 36.9 Å². The first-order chi connectivity index (χ1) is 14.1. The van der Waals surface area contributed by atoms with E-state index < -0.39 is 0 Å². The maximum Gasteiger partial charge on any atom is 0.257 e. The first kappa shape index (κ1) is 18.1. The van der Waals surface area contributed by atoms with Gasteiger partial charge in [-0.05, 0) is 61.3 Å². The van der Waals surface area contributed by atoms with Crippen molar-refractivity contribution in [2.45, 2.75) is 32.6 Å². The van der Waals surface area contributed by atoms with E-state index in [9.17, 15) is 14.4 Å². The number of benzene rings is 2. The Morgan fingerprint density at radius 1 is 0.966 bits per heavy atom.